The fourth-order valence-electron chi connectivity index (χ4n) is 3.69. The standard InChI is InChI=1S/C19H23N5O2S/c1-13(14-7-3-2-4-8-14)20-17(26)15-9-5-11-23(15)18-21-22-19(27-18)24-12-6-10-16(24)25/h2-4,7-8,13,15H,5-6,9-12H2,1H3,(H,20,26)/t13-,15+/m1/s1. The van der Waals surface area contributed by atoms with Crippen LogP contribution in [-0.4, -0.2) is 41.1 Å². The zero-order valence-electron chi connectivity index (χ0n) is 15.3. The van der Waals surface area contributed by atoms with Gasteiger partial charge in [0, 0.05) is 19.5 Å². The summed E-state index contributed by atoms with van der Waals surface area (Å²) in [5, 5.41) is 12.9. The molecule has 0 radical (unpaired) electrons. The van der Waals surface area contributed by atoms with Crippen molar-refractivity contribution in [3.8, 4) is 0 Å². The highest BCUT2D eigenvalue weighted by molar-refractivity contribution is 7.19. The van der Waals surface area contributed by atoms with E-state index >= 15 is 0 Å². The predicted octanol–water partition coefficient (Wildman–Crippen LogP) is 2.51. The first-order valence-corrected chi connectivity index (χ1v) is 10.2. The summed E-state index contributed by atoms with van der Waals surface area (Å²) in [6.07, 6.45) is 3.17. The van der Waals surface area contributed by atoms with E-state index in [9.17, 15) is 9.59 Å². The molecule has 0 bridgehead atoms. The van der Waals surface area contributed by atoms with Gasteiger partial charge in [-0.25, -0.2) is 0 Å². The molecule has 7 nitrogen and oxygen atoms in total. The van der Waals surface area contributed by atoms with Crippen molar-refractivity contribution in [3.63, 3.8) is 0 Å². The molecule has 2 aliphatic rings. The van der Waals surface area contributed by atoms with Crippen molar-refractivity contribution in [2.75, 3.05) is 22.9 Å². The van der Waals surface area contributed by atoms with E-state index in [0.29, 0.717) is 18.1 Å². The Morgan fingerprint density at radius 3 is 2.70 bits per heavy atom. The molecule has 2 aliphatic heterocycles. The number of carbonyl (C=O) groups excluding carboxylic acids is 2. The van der Waals surface area contributed by atoms with Crippen molar-refractivity contribution >= 4 is 33.4 Å². The van der Waals surface area contributed by atoms with Crippen LogP contribution in [0.3, 0.4) is 0 Å². The molecule has 2 amide bonds. The molecule has 0 saturated carbocycles. The number of hydrogen-bond donors (Lipinski definition) is 1. The Balaban J connectivity index is 1.45. The van der Waals surface area contributed by atoms with E-state index in [0.717, 1.165) is 36.5 Å². The molecule has 0 aliphatic carbocycles. The SMILES string of the molecule is C[C@@H](NC(=O)[C@@H]1CCCN1c1nnc(N2CCCC2=O)s1)c1ccccc1. The molecule has 142 valence electrons. The van der Waals surface area contributed by atoms with Crippen LogP contribution >= 0.6 is 11.3 Å². The largest absolute Gasteiger partial charge is 0.348 e. The van der Waals surface area contributed by atoms with E-state index in [1.165, 1.54) is 11.3 Å². The van der Waals surface area contributed by atoms with Gasteiger partial charge >= 0.3 is 0 Å². The molecule has 2 aromatic rings. The Hall–Kier alpha value is -2.48. The Kier molecular flexibility index (Phi) is 5.07. The number of carbonyl (C=O) groups is 2. The summed E-state index contributed by atoms with van der Waals surface area (Å²) in [6.45, 7) is 3.47. The molecule has 2 saturated heterocycles. The van der Waals surface area contributed by atoms with E-state index in [-0.39, 0.29) is 23.9 Å². The number of nitrogens with zero attached hydrogens (tertiary/aromatic N) is 4. The Morgan fingerprint density at radius 1 is 1.19 bits per heavy atom. The van der Waals surface area contributed by atoms with Gasteiger partial charge in [-0.1, -0.05) is 41.7 Å². The molecule has 8 heteroatoms. The minimum absolute atomic E-state index is 0.0119. The lowest BCUT2D eigenvalue weighted by atomic mass is 10.1. The molecule has 1 aromatic heterocycles. The van der Waals surface area contributed by atoms with Crippen LogP contribution in [0.1, 0.15) is 44.2 Å². The molecule has 1 N–H and O–H groups in total. The number of nitrogens with one attached hydrogen (secondary N) is 1. The number of anilines is 2. The van der Waals surface area contributed by atoms with Crippen molar-refractivity contribution in [2.45, 2.75) is 44.7 Å². The highest BCUT2D eigenvalue weighted by Gasteiger charge is 2.34. The molecule has 2 atom stereocenters. The molecule has 4 rings (SSSR count). The molecular formula is C19H23N5O2S. The average Bonchev–Trinajstić information content (AvgIpc) is 3.41. The second-order valence-corrected chi connectivity index (χ2v) is 7.94. The topological polar surface area (TPSA) is 78.4 Å². The van der Waals surface area contributed by atoms with E-state index < -0.39 is 0 Å². The molecule has 3 heterocycles. The second kappa shape index (κ2) is 7.64. The summed E-state index contributed by atoms with van der Waals surface area (Å²) in [4.78, 5) is 28.5. The van der Waals surface area contributed by atoms with Gasteiger partial charge in [-0.2, -0.15) is 0 Å². The first kappa shape index (κ1) is 17.9. The van der Waals surface area contributed by atoms with Crippen LogP contribution in [0.15, 0.2) is 30.3 Å². The fourth-order valence-corrected chi connectivity index (χ4v) is 4.65. The lowest BCUT2D eigenvalue weighted by Crippen LogP contribution is -2.44. The van der Waals surface area contributed by atoms with Crippen LogP contribution in [0, 0.1) is 0 Å². The Bertz CT molecular complexity index is 825. The van der Waals surface area contributed by atoms with Crippen LogP contribution in [0.5, 0.6) is 0 Å². The zero-order chi connectivity index (χ0) is 18.8. The minimum Gasteiger partial charge on any atom is -0.348 e. The van der Waals surface area contributed by atoms with Crippen molar-refractivity contribution in [2.24, 2.45) is 0 Å². The zero-order valence-corrected chi connectivity index (χ0v) is 16.1. The van der Waals surface area contributed by atoms with Crippen LogP contribution in [0.4, 0.5) is 10.3 Å². The maximum absolute atomic E-state index is 12.9. The summed E-state index contributed by atoms with van der Waals surface area (Å²) in [7, 11) is 0. The van der Waals surface area contributed by atoms with E-state index in [4.69, 9.17) is 0 Å². The van der Waals surface area contributed by atoms with Crippen LogP contribution < -0.4 is 15.1 Å². The van der Waals surface area contributed by atoms with E-state index in [1.54, 1.807) is 4.90 Å². The van der Waals surface area contributed by atoms with Gasteiger partial charge in [0.1, 0.15) is 6.04 Å². The second-order valence-electron chi connectivity index (χ2n) is 7.01. The highest BCUT2D eigenvalue weighted by Crippen LogP contribution is 2.33. The van der Waals surface area contributed by atoms with Crippen LogP contribution in [0.25, 0.3) is 0 Å². The monoisotopic (exact) mass is 385 g/mol. The van der Waals surface area contributed by atoms with Crippen LogP contribution in [0.2, 0.25) is 0 Å². The quantitative estimate of drug-likeness (QED) is 0.856. The van der Waals surface area contributed by atoms with E-state index in [2.05, 4.69) is 15.5 Å². The number of amides is 2. The lowest BCUT2D eigenvalue weighted by Gasteiger charge is -2.24. The van der Waals surface area contributed by atoms with Gasteiger partial charge in [0.15, 0.2) is 0 Å². The maximum atomic E-state index is 12.9. The minimum atomic E-state index is -0.244. The third kappa shape index (κ3) is 3.66. The average molecular weight is 385 g/mol. The number of hydrogen-bond acceptors (Lipinski definition) is 6. The van der Waals surface area contributed by atoms with Crippen LogP contribution in [-0.2, 0) is 9.59 Å². The number of aromatic nitrogens is 2. The predicted molar refractivity (Wildman–Crippen MR) is 105 cm³/mol. The van der Waals surface area contributed by atoms with E-state index in [1.807, 2.05) is 42.2 Å². The number of benzene rings is 1. The summed E-state index contributed by atoms with van der Waals surface area (Å²) in [5.41, 5.74) is 1.08. The normalized spacial score (nSPS) is 20.9. The molecular weight excluding hydrogens is 362 g/mol. The van der Waals surface area contributed by atoms with Crippen molar-refractivity contribution in [3.05, 3.63) is 35.9 Å². The summed E-state index contributed by atoms with van der Waals surface area (Å²) < 4.78 is 0. The maximum Gasteiger partial charge on any atom is 0.243 e. The molecule has 27 heavy (non-hydrogen) atoms. The third-order valence-electron chi connectivity index (χ3n) is 5.17. The van der Waals surface area contributed by atoms with Gasteiger partial charge in [0.2, 0.25) is 22.1 Å². The molecule has 1 aromatic carbocycles. The van der Waals surface area contributed by atoms with Gasteiger partial charge in [-0.3, -0.25) is 14.5 Å². The Labute approximate surface area is 162 Å². The van der Waals surface area contributed by atoms with Gasteiger partial charge in [-0.05, 0) is 31.7 Å². The number of rotatable bonds is 5. The van der Waals surface area contributed by atoms with Gasteiger partial charge in [0.05, 0.1) is 6.04 Å². The van der Waals surface area contributed by atoms with Crippen molar-refractivity contribution in [1.29, 1.82) is 0 Å². The van der Waals surface area contributed by atoms with Crippen molar-refractivity contribution in [1.82, 2.24) is 15.5 Å². The molecule has 2 fully saturated rings. The Morgan fingerprint density at radius 2 is 1.96 bits per heavy atom. The summed E-state index contributed by atoms with van der Waals surface area (Å²) in [6, 6.07) is 9.65. The lowest BCUT2D eigenvalue weighted by molar-refractivity contribution is -0.122. The van der Waals surface area contributed by atoms with Gasteiger partial charge in [-0.15, -0.1) is 10.2 Å². The first-order valence-electron chi connectivity index (χ1n) is 9.39. The van der Waals surface area contributed by atoms with Crippen molar-refractivity contribution < 1.29 is 9.59 Å². The first-order chi connectivity index (χ1) is 13.1. The summed E-state index contributed by atoms with van der Waals surface area (Å²) >= 11 is 1.40. The third-order valence-corrected chi connectivity index (χ3v) is 6.15. The smallest absolute Gasteiger partial charge is 0.243 e. The fraction of sp³-hybridized carbons (Fsp3) is 0.474. The molecule has 0 spiro atoms. The van der Waals surface area contributed by atoms with Gasteiger partial charge in [0.25, 0.3) is 0 Å². The highest BCUT2D eigenvalue weighted by atomic mass is 32.1. The molecule has 0 unspecified atom stereocenters. The summed E-state index contributed by atoms with van der Waals surface area (Å²) in [5.74, 6) is 0.114. The van der Waals surface area contributed by atoms with Gasteiger partial charge < -0.3 is 10.2 Å².